The highest BCUT2D eigenvalue weighted by Crippen LogP contribution is 2.60. The minimum Gasteiger partial charge on any atom is -0.245 e. The zero-order valence-electron chi connectivity index (χ0n) is 15.3. The Morgan fingerprint density at radius 3 is 2.22 bits per heavy atom. The molecule has 2 aromatic rings. The third kappa shape index (κ3) is 3.28. The van der Waals surface area contributed by atoms with Crippen LogP contribution in [0.4, 0.5) is 0 Å². The summed E-state index contributed by atoms with van der Waals surface area (Å²) in [7, 11) is 0. The molecule has 0 atom stereocenters. The molecule has 0 amide bonds. The summed E-state index contributed by atoms with van der Waals surface area (Å²) in [4.78, 5) is 5.08. The van der Waals surface area contributed by atoms with Crippen molar-refractivity contribution in [3.8, 4) is 6.07 Å². The predicted octanol–water partition coefficient (Wildman–Crippen LogP) is 6.37. The summed E-state index contributed by atoms with van der Waals surface area (Å²) in [5, 5.41) is 11.2. The maximum atomic E-state index is 9.56. The molecule has 0 aliphatic heterocycles. The van der Waals surface area contributed by atoms with Gasteiger partial charge >= 0.3 is 0 Å². The van der Waals surface area contributed by atoms with Crippen LogP contribution in [0.2, 0.25) is 5.02 Å². The molecule has 4 heteroatoms. The summed E-state index contributed by atoms with van der Waals surface area (Å²) in [5.41, 5.74) is 3.43. The van der Waals surface area contributed by atoms with Gasteiger partial charge < -0.3 is 0 Å². The quantitative estimate of drug-likeness (QED) is 0.565. The Morgan fingerprint density at radius 1 is 1.00 bits per heavy atom. The van der Waals surface area contributed by atoms with Crippen molar-refractivity contribution in [3.05, 3.63) is 58.2 Å². The van der Waals surface area contributed by atoms with Gasteiger partial charge in [0.25, 0.3) is 0 Å². The summed E-state index contributed by atoms with van der Waals surface area (Å²) in [6.45, 7) is 0. The largest absolute Gasteiger partial charge is 0.245 e. The van der Waals surface area contributed by atoms with Crippen molar-refractivity contribution < 1.29 is 0 Å². The van der Waals surface area contributed by atoms with Gasteiger partial charge in [0.1, 0.15) is 11.1 Å². The monoisotopic (exact) mass is 394 g/mol. The van der Waals surface area contributed by atoms with E-state index in [1.807, 2.05) is 30.3 Å². The van der Waals surface area contributed by atoms with Gasteiger partial charge in [0.05, 0.1) is 5.56 Å². The number of benzene rings is 1. The van der Waals surface area contributed by atoms with Crippen LogP contribution in [0.5, 0.6) is 0 Å². The van der Waals surface area contributed by atoms with E-state index in [1.165, 1.54) is 49.8 Å². The molecule has 4 bridgehead atoms. The van der Waals surface area contributed by atoms with E-state index < -0.39 is 0 Å². The molecular formula is C23H23ClN2S. The van der Waals surface area contributed by atoms with Gasteiger partial charge in [0.15, 0.2) is 0 Å². The van der Waals surface area contributed by atoms with Crippen LogP contribution in [0.3, 0.4) is 0 Å². The number of rotatable bonds is 4. The summed E-state index contributed by atoms with van der Waals surface area (Å²) in [5.74, 6) is 3.51. The fourth-order valence-corrected chi connectivity index (χ4v) is 7.14. The zero-order chi connectivity index (χ0) is 18.4. The van der Waals surface area contributed by atoms with E-state index in [0.29, 0.717) is 5.56 Å². The van der Waals surface area contributed by atoms with Crippen LogP contribution in [0, 0.1) is 29.1 Å². The first kappa shape index (κ1) is 17.6. The van der Waals surface area contributed by atoms with Crippen molar-refractivity contribution in [2.24, 2.45) is 17.8 Å². The molecule has 0 radical (unpaired) electrons. The number of nitriles is 1. The minimum atomic E-state index is 0.276. The second-order valence-corrected chi connectivity index (χ2v) is 10.2. The summed E-state index contributed by atoms with van der Waals surface area (Å²) in [6.07, 6.45) is 8.23. The third-order valence-electron chi connectivity index (χ3n) is 6.85. The van der Waals surface area contributed by atoms with Crippen LogP contribution >= 0.6 is 23.4 Å². The third-order valence-corrected chi connectivity index (χ3v) is 8.17. The van der Waals surface area contributed by atoms with Gasteiger partial charge in [-0.3, -0.25) is 0 Å². The van der Waals surface area contributed by atoms with Crippen LogP contribution in [-0.2, 0) is 11.2 Å². The van der Waals surface area contributed by atoms with Crippen LogP contribution in [0.15, 0.2) is 41.4 Å². The average Bonchev–Trinajstić information content (AvgIpc) is 2.66. The lowest BCUT2D eigenvalue weighted by Gasteiger charge is -2.56. The number of halogens is 1. The molecule has 2 nitrogen and oxygen atoms in total. The molecule has 138 valence electrons. The number of pyridine rings is 1. The molecule has 0 unspecified atom stereocenters. The summed E-state index contributed by atoms with van der Waals surface area (Å²) >= 11 is 7.66. The molecule has 0 spiro atoms. The lowest BCUT2D eigenvalue weighted by atomic mass is 9.49. The summed E-state index contributed by atoms with van der Waals surface area (Å²) < 4.78 is 0. The Bertz CT molecular complexity index is 864. The first-order valence-electron chi connectivity index (χ1n) is 9.92. The molecule has 0 N–H and O–H groups in total. The molecular weight excluding hydrogens is 372 g/mol. The SMILES string of the molecule is N#Cc1ccc(C23CC4CC(CC(C4)C2)C3)nc1SCc1ccc(Cl)cc1. The molecule has 1 aromatic heterocycles. The lowest BCUT2D eigenvalue weighted by molar-refractivity contribution is -0.00744. The van der Waals surface area contributed by atoms with E-state index >= 15 is 0 Å². The standard InChI is InChI=1S/C23H23ClN2S/c24-20-4-1-15(2-5-20)14-27-22-19(13-25)3-6-21(26-22)23-10-16-7-17(11-23)9-18(8-16)12-23/h1-6,16-18H,7-12,14H2. The van der Waals surface area contributed by atoms with Gasteiger partial charge in [-0.1, -0.05) is 23.7 Å². The van der Waals surface area contributed by atoms with Crippen LogP contribution in [0.25, 0.3) is 0 Å². The van der Waals surface area contributed by atoms with Gasteiger partial charge in [0.2, 0.25) is 0 Å². The Kier molecular flexibility index (Phi) is 4.45. The molecule has 6 rings (SSSR count). The van der Waals surface area contributed by atoms with E-state index in [1.54, 1.807) is 11.8 Å². The zero-order valence-corrected chi connectivity index (χ0v) is 16.9. The molecule has 1 heterocycles. The van der Waals surface area contributed by atoms with Gasteiger partial charge in [-0.2, -0.15) is 5.26 Å². The predicted molar refractivity (Wildman–Crippen MR) is 110 cm³/mol. The van der Waals surface area contributed by atoms with Gasteiger partial charge in [-0.25, -0.2) is 4.98 Å². The fraction of sp³-hybridized carbons (Fsp3) is 0.478. The minimum absolute atomic E-state index is 0.276. The Labute approximate surface area is 170 Å². The molecule has 4 fully saturated rings. The lowest BCUT2D eigenvalue weighted by Crippen LogP contribution is -2.49. The number of hydrogen-bond donors (Lipinski definition) is 0. The highest BCUT2D eigenvalue weighted by molar-refractivity contribution is 7.98. The van der Waals surface area contributed by atoms with Gasteiger partial charge in [0, 0.05) is 21.9 Å². The molecule has 1 aromatic carbocycles. The van der Waals surface area contributed by atoms with Crippen LogP contribution in [-0.4, -0.2) is 4.98 Å². The molecule has 27 heavy (non-hydrogen) atoms. The molecule has 4 aliphatic carbocycles. The van der Waals surface area contributed by atoms with Crippen molar-refractivity contribution in [2.75, 3.05) is 0 Å². The van der Waals surface area contributed by atoms with Crippen molar-refractivity contribution in [2.45, 2.75) is 54.7 Å². The maximum Gasteiger partial charge on any atom is 0.114 e. The van der Waals surface area contributed by atoms with Crippen LogP contribution in [0.1, 0.15) is 55.3 Å². The van der Waals surface area contributed by atoms with E-state index in [4.69, 9.17) is 16.6 Å². The number of hydrogen-bond acceptors (Lipinski definition) is 3. The van der Waals surface area contributed by atoms with E-state index in [0.717, 1.165) is 33.6 Å². The normalized spacial score (nSPS) is 31.0. The number of aromatic nitrogens is 1. The molecule has 4 aliphatic rings. The Balaban J connectivity index is 1.42. The first-order chi connectivity index (χ1) is 13.1. The van der Waals surface area contributed by atoms with Gasteiger partial charge in [-0.05, 0) is 86.1 Å². The van der Waals surface area contributed by atoms with E-state index in [9.17, 15) is 5.26 Å². The number of thioether (sulfide) groups is 1. The second-order valence-electron chi connectivity index (χ2n) is 8.77. The first-order valence-corrected chi connectivity index (χ1v) is 11.3. The fourth-order valence-electron chi connectivity index (χ4n) is 6.09. The number of nitrogens with zero attached hydrogens (tertiary/aromatic N) is 2. The van der Waals surface area contributed by atoms with E-state index in [-0.39, 0.29) is 5.41 Å². The van der Waals surface area contributed by atoms with E-state index in [2.05, 4.69) is 12.1 Å². The van der Waals surface area contributed by atoms with Crippen molar-refractivity contribution in [3.63, 3.8) is 0 Å². The highest BCUT2D eigenvalue weighted by Gasteiger charge is 2.52. The van der Waals surface area contributed by atoms with Gasteiger partial charge in [-0.15, -0.1) is 11.8 Å². The second kappa shape index (κ2) is 6.83. The molecule has 4 saturated carbocycles. The average molecular weight is 395 g/mol. The van der Waals surface area contributed by atoms with Crippen molar-refractivity contribution in [1.29, 1.82) is 5.26 Å². The van der Waals surface area contributed by atoms with Crippen LogP contribution < -0.4 is 0 Å². The molecule has 0 saturated heterocycles. The maximum absolute atomic E-state index is 9.56. The van der Waals surface area contributed by atoms with Crippen molar-refractivity contribution >= 4 is 23.4 Å². The topological polar surface area (TPSA) is 36.7 Å². The smallest absolute Gasteiger partial charge is 0.114 e. The highest BCUT2D eigenvalue weighted by atomic mass is 35.5. The Morgan fingerprint density at radius 2 is 1.63 bits per heavy atom. The van der Waals surface area contributed by atoms with Crippen molar-refractivity contribution in [1.82, 2.24) is 4.98 Å². The summed E-state index contributed by atoms with van der Waals surface area (Å²) in [6, 6.07) is 14.4. The Hall–Kier alpha value is -1.50.